The van der Waals surface area contributed by atoms with Gasteiger partial charge in [0.25, 0.3) is 0 Å². The Morgan fingerprint density at radius 2 is 2.17 bits per heavy atom. The van der Waals surface area contributed by atoms with Crippen LogP contribution in [-0.2, 0) is 4.79 Å². The number of hydrogen-bond acceptors (Lipinski definition) is 2. The third-order valence-electron chi connectivity index (χ3n) is 3.18. The van der Waals surface area contributed by atoms with E-state index in [9.17, 15) is 4.79 Å². The van der Waals surface area contributed by atoms with Crippen molar-refractivity contribution in [3.05, 3.63) is 29.8 Å². The maximum Gasteiger partial charge on any atom is 0.221 e. The second kappa shape index (κ2) is 5.89. The number of amides is 1. The molecule has 1 fully saturated rings. The lowest BCUT2D eigenvalue weighted by molar-refractivity contribution is -0.120. The molecule has 2 N–H and O–H groups in total. The Morgan fingerprint density at radius 3 is 2.83 bits per heavy atom. The molecular weight excluding hydrogens is 224 g/mol. The molecule has 0 radical (unpaired) electrons. The normalized spacial score (nSPS) is 14.6. The van der Waals surface area contributed by atoms with Gasteiger partial charge in [-0.1, -0.05) is 26.0 Å². The minimum absolute atomic E-state index is 0.157. The zero-order chi connectivity index (χ0) is 13.0. The van der Waals surface area contributed by atoms with Crippen molar-refractivity contribution < 1.29 is 4.79 Å². The molecule has 1 aromatic rings. The average Bonchev–Trinajstić information content (AvgIpc) is 3.13. The van der Waals surface area contributed by atoms with Crippen LogP contribution in [0.15, 0.2) is 24.3 Å². The average molecular weight is 246 g/mol. The molecule has 98 valence electrons. The molecule has 3 nitrogen and oxygen atoms in total. The third kappa shape index (κ3) is 4.06. The minimum atomic E-state index is 0.157. The highest BCUT2D eigenvalue weighted by atomic mass is 16.1. The summed E-state index contributed by atoms with van der Waals surface area (Å²) >= 11 is 0. The maximum absolute atomic E-state index is 11.5. The first-order valence-corrected chi connectivity index (χ1v) is 6.78. The molecule has 0 heterocycles. The molecule has 0 unspecified atom stereocenters. The highest BCUT2D eigenvalue weighted by Crippen LogP contribution is 2.19. The summed E-state index contributed by atoms with van der Waals surface area (Å²) in [5, 5.41) is 6.29. The van der Waals surface area contributed by atoms with Crippen LogP contribution in [0, 0.1) is 0 Å². The first-order valence-electron chi connectivity index (χ1n) is 6.78. The summed E-state index contributed by atoms with van der Waals surface area (Å²) in [6.45, 7) is 5.06. The standard InChI is InChI=1S/C15H22N2O/c1-11(2)12-4-3-5-14(10-12)16-9-8-15(18)17-13-6-7-13/h3-5,10-11,13,16H,6-9H2,1-2H3,(H,17,18). The summed E-state index contributed by atoms with van der Waals surface area (Å²) in [7, 11) is 0. The van der Waals surface area contributed by atoms with E-state index in [0.29, 0.717) is 24.9 Å². The van der Waals surface area contributed by atoms with E-state index < -0.39 is 0 Å². The molecule has 2 rings (SSSR count). The van der Waals surface area contributed by atoms with Crippen molar-refractivity contribution in [1.82, 2.24) is 5.32 Å². The molecule has 0 aliphatic heterocycles. The summed E-state index contributed by atoms with van der Waals surface area (Å²) in [5.41, 5.74) is 2.42. The number of anilines is 1. The van der Waals surface area contributed by atoms with Crippen LogP contribution in [0.3, 0.4) is 0 Å². The molecule has 1 aromatic carbocycles. The van der Waals surface area contributed by atoms with Crippen LogP contribution in [-0.4, -0.2) is 18.5 Å². The maximum atomic E-state index is 11.5. The van der Waals surface area contributed by atoms with Gasteiger partial charge in [-0.25, -0.2) is 0 Å². The van der Waals surface area contributed by atoms with Gasteiger partial charge in [0.2, 0.25) is 5.91 Å². The van der Waals surface area contributed by atoms with E-state index in [1.807, 2.05) is 6.07 Å². The number of nitrogens with one attached hydrogen (secondary N) is 2. The smallest absolute Gasteiger partial charge is 0.221 e. The monoisotopic (exact) mass is 246 g/mol. The van der Waals surface area contributed by atoms with Gasteiger partial charge in [0, 0.05) is 24.7 Å². The van der Waals surface area contributed by atoms with Crippen LogP contribution in [0.1, 0.15) is 44.6 Å². The van der Waals surface area contributed by atoms with Crippen molar-refractivity contribution >= 4 is 11.6 Å². The van der Waals surface area contributed by atoms with Crippen LogP contribution >= 0.6 is 0 Å². The van der Waals surface area contributed by atoms with E-state index >= 15 is 0 Å². The van der Waals surface area contributed by atoms with Gasteiger partial charge >= 0.3 is 0 Å². The third-order valence-corrected chi connectivity index (χ3v) is 3.18. The number of rotatable bonds is 6. The van der Waals surface area contributed by atoms with Gasteiger partial charge in [0.05, 0.1) is 0 Å². The fourth-order valence-corrected chi connectivity index (χ4v) is 1.86. The van der Waals surface area contributed by atoms with Crippen LogP contribution in [0.2, 0.25) is 0 Å². The van der Waals surface area contributed by atoms with Gasteiger partial charge in [-0.05, 0) is 36.5 Å². The predicted octanol–water partition coefficient (Wildman–Crippen LogP) is 2.89. The number of carbonyl (C=O) groups excluding carboxylic acids is 1. The molecule has 1 amide bonds. The summed E-state index contributed by atoms with van der Waals surface area (Å²) < 4.78 is 0. The van der Waals surface area contributed by atoms with Gasteiger partial charge in [-0.2, -0.15) is 0 Å². The van der Waals surface area contributed by atoms with Crippen molar-refractivity contribution in [2.24, 2.45) is 0 Å². The van der Waals surface area contributed by atoms with E-state index in [0.717, 1.165) is 18.5 Å². The molecule has 0 atom stereocenters. The van der Waals surface area contributed by atoms with Crippen LogP contribution in [0.5, 0.6) is 0 Å². The molecule has 0 saturated heterocycles. The van der Waals surface area contributed by atoms with Gasteiger partial charge in [0.1, 0.15) is 0 Å². The number of benzene rings is 1. The van der Waals surface area contributed by atoms with Crippen molar-refractivity contribution in [3.8, 4) is 0 Å². The van der Waals surface area contributed by atoms with Gasteiger partial charge in [-0.15, -0.1) is 0 Å². The van der Waals surface area contributed by atoms with Crippen LogP contribution < -0.4 is 10.6 Å². The van der Waals surface area contributed by atoms with E-state index in [-0.39, 0.29) is 5.91 Å². The lowest BCUT2D eigenvalue weighted by Gasteiger charge is -2.10. The lowest BCUT2D eigenvalue weighted by Crippen LogP contribution is -2.27. The first-order chi connectivity index (χ1) is 8.65. The van der Waals surface area contributed by atoms with E-state index in [1.165, 1.54) is 5.56 Å². The highest BCUT2D eigenvalue weighted by molar-refractivity contribution is 5.77. The Labute approximate surface area is 109 Å². The van der Waals surface area contributed by atoms with E-state index in [2.05, 4.69) is 42.7 Å². The highest BCUT2D eigenvalue weighted by Gasteiger charge is 2.22. The SMILES string of the molecule is CC(C)c1cccc(NCCC(=O)NC2CC2)c1. The Kier molecular flexibility index (Phi) is 4.24. The Hall–Kier alpha value is -1.51. The second-order valence-corrected chi connectivity index (χ2v) is 5.30. The predicted molar refractivity (Wildman–Crippen MR) is 74.8 cm³/mol. The Morgan fingerprint density at radius 1 is 1.39 bits per heavy atom. The summed E-state index contributed by atoms with van der Waals surface area (Å²) in [6, 6.07) is 8.85. The number of carbonyl (C=O) groups is 1. The number of hydrogen-bond donors (Lipinski definition) is 2. The molecule has 3 heteroatoms. The molecule has 0 bridgehead atoms. The Bertz CT molecular complexity index is 411. The summed E-state index contributed by atoms with van der Waals surface area (Å²) in [4.78, 5) is 11.5. The zero-order valence-electron chi connectivity index (χ0n) is 11.2. The largest absolute Gasteiger partial charge is 0.385 e. The fourth-order valence-electron chi connectivity index (χ4n) is 1.86. The van der Waals surface area contributed by atoms with Crippen LogP contribution in [0.25, 0.3) is 0 Å². The quantitative estimate of drug-likeness (QED) is 0.810. The van der Waals surface area contributed by atoms with Crippen molar-refractivity contribution in [2.45, 2.75) is 45.1 Å². The minimum Gasteiger partial charge on any atom is -0.385 e. The van der Waals surface area contributed by atoms with Crippen LogP contribution in [0.4, 0.5) is 5.69 Å². The summed E-state index contributed by atoms with van der Waals surface area (Å²) in [6.07, 6.45) is 2.84. The Balaban J connectivity index is 1.75. The molecule has 0 aromatic heterocycles. The molecule has 1 saturated carbocycles. The lowest BCUT2D eigenvalue weighted by atomic mass is 10.0. The van der Waals surface area contributed by atoms with Crippen molar-refractivity contribution in [2.75, 3.05) is 11.9 Å². The first kappa shape index (κ1) is 12.9. The molecule has 18 heavy (non-hydrogen) atoms. The van der Waals surface area contributed by atoms with E-state index in [1.54, 1.807) is 0 Å². The summed E-state index contributed by atoms with van der Waals surface area (Å²) in [5.74, 6) is 0.690. The molecule has 1 aliphatic rings. The van der Waals surface area contributed by atoms with Crippen molar-refractivity contribution in [3.63, 3.8) is 0 Å². The van der Waals surface area contributed by atoms with Gasteiger partial charge in [0.15, 0.2) is 0 Å². The van der Waals surface area contributed by atoms with E-state index in [4.69, 9.17) is 0 Å². The zero-order valence-corrected chi connectivity index (χ0v) is 11.2. The van der Waals surface area contributed by atoms with Gasteiger partial charge < -0.3 is 10.6 Å². The topological polar surface area (TPSA) is 41.1 Å². The molecule has 0 spiro atoms. The second-order valence-electron chi connectivity index (χ2n) is 5.30. The van der Waals surface area contributed by atoms with Crippen molar-refractivity contribution in [1.29, 1.82) is 0 Å². The molecule has 1 aliphatic carbocycles. The molecular formula is C15H22N2O. The van der Waals surface area contributed by atoms with Gasteiger partial charge in [-0.3, -0.25) is 4.79 Å². The fraction of sp³-hybridized carbons (Fsp3) is 0.533.